The molecule has 0 fully saturated rings. The fourth-order valence-electron chi connectivity index (χ4n) is 2.67. The monoisotopic (exact) mass is 385 g/mol. The van der Waals surface area contributed by atoms with Gasteiger partial charge >= 0.3 is 0 Å². The summed E-state index contributed by atoms with van der Waals surface area (Å²) in [4.78, 5) is 12.3. The fraction of sp³-hybridized carbons (Fsp3) is 0. The lowest BCUT2D eigenvalue weighted by Crippen LogP contribution is -2.11. The highest BCUT2D eigenvalue weighted by atomic mass is 19.1. The van der Waals surface area contributed by atoms with Crippen molar-refractivity contribution < 1.29 is 13.9 Å². The van der Waals surface area contributed by atoms with Gasteiger partial charge in [0, 0.05) is 22.9 Å². The quantitative estimate of drug-likeness (QED) is 0.504. The van der Waals surface area contributed by atoms with Crippen LogP contribution in [0.25, 0.3) is 11.3 Å². The number of nitrogens with one attached hydrogen (secondary N) is 1. The van der Waals surface area contributed by atoms with Gasteiger partial charge in [-0.1, -0.05) is 30.3 Å². The van der Waals surface area contributed by atoms with Crippen molar-refractivity contribution in [2.75, 3.05) is 5.32 Å². The molecule has 3 aromatic carbocycles. The van der Waals surface area contributed by atoms with E-state index in [9.17, 15) is 9.18 Å². The summed E-state index contributed by atoms with van der Waals surface area (Å²) in [6.45, 7) is 0. The highest BCUT2D eigenvalue weighted by Crippen LogP contribution is 2.22. The van der Waals surface area contributed by atoms with E-state index in [2.05, 4.69) is 15.5 Å². The van der Waals surface area contributed by atoms with E-state index in [4.69, 9.17) is 4.74 Å². The summed E-state index contributed by atoms with van der Waals surface area (Å²) in [6, 6.07) is 25.5. The summed E-state index contributed by atoms with van der Waals surface area (Å²) < 4.78 is 18.5. The normalized spacial score (nSPS) is 10.4. The van der Waals surface area contributed by atoms with E-state index in [1.54, 1.807) is 24.3 Å². The van der Waals surface area contributed by atoms with Crippen LogP contribution in [0.1, 0.15) is 10.4 Å². The number of nitrogens with zero attached hydrogens (tertiary/aromatic N) is 2. The van der Waals surface area contributed by atoms with Gasteiger partial charge in [-0.2, -0.15) is 0 Å². The van der Waals surface area contributed by atoms with Crippen LogP contribution >= 0.6 is 0 Å². The molecule has 0 spiro atoms. The third-order valence-corrected chi connectivity index (χ3v) is 4.15. The number of carbonyl (C=O) groups excluding carboxylic acids is 1. The van der Waals surface area contributed by atoms with Gasteiger partial charge in [-0.05, 0) is 54.6 Å². The molecule has 1 amide bonds. The lowest BCUT2D eigenvalue weighted by atomic mass is 10.1. The number of hydrogen-bond donors (Lipinski definition) is 1. The van der Waals surface area contributed by atoms with Crippen LogP contribution < -0.4 is 10.1 Å². The van der Waals surface area contributed by atoms with Gasteiger partial charge in [0.25, 0.3) is 5.91 Å². The summed E-state index contributed by atoms with van der Waals surface area (Å²) in [7, 11) is 0. The molecule has 0 aliphatic rings. The number of carbonyl (C=O) groups is 1. The average Bonchev–Trinajstić information content (AvgIpc) is 2.77. The summed E-state index contributed by atoms with van der Waals surface area (Å²) in [5.74, 6) is 0.262. The van der Waals surface area contributed by atoms with Crippen molar-refractivity contribution in [3.05, 3.63) is 102 Å². The molecule has 1 N–H and O–H groups in total. The lowest BCUT2D eigenvalue weighted by Gasteiger charge is -2.07. The van der Waals surface area contributed by atoms with Crippen molar-refractivity contribution in [3.8, 4) is 22.9 Å². The van der Waals surface area contributed by atoms with Crippen LogP contribution in [0.4, 0.5) is 10.1 Å². The Morgan fingerprint density at radius 2 is 1.52 bits per heavy atom. The zero-order chi connectivity index (χ0) is 20.1. The number of ether oxygens (including phenoxy) is 1. The molecule has 0 atom stereocenters. The van der Waals surface area contributed by atoms with Crippen LogP contribution in [0.15, 0.2) is 91.0 Å². The predicted molar refractivity (Wildman–Crippen MR) is 108 cm³/mol. The molecule has 5 nitrogen and oxygen atoms in total. The molecule has 1 heterocycles. The van der Waals surface area contributed by atoms with Crippen LogP contribution in [0.5, 0.6) is 11.6 Å². The van der Waals surface area contributed by atoms with Gasteiger partial charge in [0.15, 0.2) is 0 Å². The van der Waals surface area contributed by atoms with Crippen molar-refractivity contribution >= 4 is 11.6 Å². The van der Waals surface area contributed by atoms with E-state index in [0.29, 0.717) is 22.9 Å². The van der Waals surface area contributed by atoms with Crippen molar-refractivity contribution in [1.82, 2.24) is 10.2 Å². The summed E-state index contributed by atoms with van der Waals surface area (Å²) >= 11 is 0. The minimum absolute atomic E-state index is 0.183. The van der Waals surface area contributed by atoms with Crippen molar-refractivity contribution in [3.63, 3.8) is 0 Å². The molecule has 0 aliphatic carbocycles. The van der Waals surface area contributed by atoms with Crippen LogP contribution in [-0.4, -0.2) is 16.1 Å². The Hall–Kier alpha value is -4.06. The Labute approximate surface area is 166 Å². The molecular weight excluding hydrogens is 369 g/mol. The van der Waals surface area contributed by atoms with Gasteiger partial charge in [-0.25, -0.2) is 4.39 Å². The molecule has 4 aromatic rings. The fourth-order valence-corrected chi connectivity index (χ4v) is 2.67. The first kappa shape index (κ1) is 18.3. The first-order valence-corrected chi connectivity index (χ1v) is 8.91. The third kappa shape index (κ3) is 4.62. The van der Waals surface area contributed by atoms with Gasteiger partial charge in [-0.15, -0.1) is 10.2 Å². The molecule has 0 bridgehead atoms. The Morgan fingerprint density at radius 1 is 0.793 bits per heavy atom. The smallest absolute Gasteiger partial charge is 0.255 e. The van der Waals surface area contributed by atoms with Crippen LogP contribution in [0.3, 0.4) is 0 Å². The second-order valence-electron chi connectivity index (χ2n) is 6.21. The summed E-state index contributed by atoms with van der Waals surface area (Å²) in [6.07, 6.45) is 0. The Bertz CT molecular complexity index is 1100. The highest BCUT2D eigenvalue weighted by Gasteiger charge is 2.08. The molecule has 6 heteroatoms. The molecule has 0 aliphatic heterocycles. The SMILES string of the molecule is O=C(Nc1ccccc1)c1ccc(-c2ccc(Oc3ccc(F)cc3)nn2)cc1. The first-order chi connectivity index (χ1) is 14.2. The van der Waals surface area contributed by atoms with Gasteiger partial charge in [0.1, 0.15) is 11.6 Å². The van der Waals surface area contributed by atoms with Crippen molar-refractivity contribution in [2.24, 2.45) is 0 Å². The summed E-state index contributed by atoms with van der Waals surface area (Å²) in [5.41, 5.74) is 2.75. The van der Waals surface area contributed by atoms with Crippen LogP contribution in [0, 0.1) is 5.82 Å². The average molecular weight is 385 g/mol. The Kier molecular flexibility index (Phi) is 5.25. The van der Waals surface area contributed by atoms with E-state index in [1.165, 1.54) is 24.3 Å². The Balaban J connectivity index is 1.43. The molecule has 0 radical (unpaired) electrons. The van der Waals surface area contributed by atoms with E-state index in [0.717, 1.165) is 11.3 Å². The maximum absolute atomic E-state index is 12.9. The maximum atomic E-state index is 12.9. The van der Waals surface area contributed by atoms with E-state index in [1.807, 2.05) is 42.5 Å². The van der Waals surface area contributed by atoms with E-state index in [-0.39, 0.29) is 11.7 Å². The minimum atomic E-state index is -0.334. The molecule has 0 saturated carbocycles. The minimum Gasteiger partial charge on any atom is -0.438 e. The third-order valence-electron chi connectivity index (χ3n) is 4.15. The number of benzene rings is 3. The second kappa shape index (κ2) is 8.31. The number of halogens is 1. The number of aromatic nitrogens is 2. The lowest BCUT2D eigenvalue weighted by molar-refractivity contribution is 0.102. The van der Waals surface area contributed by atoms with Gasteiger partial charge < -0.3 is 10.1 Å². The summed E-state index contributed by atoms with van der Waals surface area (Å²) in [5, 5.41) is 11.0. The highest BCUT2D eigenvalue weighted by molar-refractivity contribution is 6.04. The molecule has 1 aromatic heterocycles. The van der Waals surface area contributed by atoms with Crippen LogP contribution in [-0.2, 0) is 0 Å². The first-order valence-electron chi connectivity index (χ1n) is 8.91. The molecule has 29 heavy (non-hydrogen) atoms. The number of anilines is 1. The molecule has 0 unspecified atom stereocenters. The molecule has 4 rings (SSSR count). The zero-order valence-electron chi connectivity index (χ0n) is 15.2. The number of amides is 1. The zero-order valence-corrected chi connectivity index (χ0v) is 15.2. The maximum Gasteiger partial charge on any atom is 0.255 e. The van der Waals surface area contributed by atoms with Gasteiger partial charge in [0.2, 0.25) is 5.88 Å². The van der Waals surface area contributed by atoms with Crippen LogP contribution in [0.2, 0.25) is 0 Å². The van der Waals surface area contributed by atoms with Gasteiger partial charge in [-0.3, -0.25) is 4.79 Å². The number of para-hydroxylation sites is 1. The molecule has 0 saturated heterocycles. The molecule has 142 valence electrons. The number of hydrogen-bond acceptors (Lipinski definition) is 4. The van der Waals surface area contributed by atoms with Gasteiger partial charge in [0.05, 0.1) is 5.69 Å². The van der Waals surface area contributed by atoms with Crippen molar-refractivity contribution in [2.45, 2.75) is 0 Å². The predicted octanol–water partition coefficient (Wildman–Crippen LogP) is 5.33. The van der Waals surface area contributed by atoms with Crippen molar-refractivity contribution in [1.29, 1.82) is 0 Å². The molecular formula is C23H16FN3O2. The van der Waals surface area contributed by atoms with E-state index < -0.39 is 0 Å². The topological polar surface area (TPSA) is 64.1 Å². The van der Waals surface area contributed by atoms with E-state index >= 15 is 0 Å². The largest absolute Gasteiger partial charge is 0.438 e. The second-order valence-corrected chi connectivity index (χ2v) is 6.21. The standard InChI is InChI=1S/C23H16FN3O2/c24-18-10-12-20(13-11-18)29-22-15-14-21(26-27-22)16-6-8-17(9-7-16)23(28)25-19-4-2-1-3-5-19/h1-15H,(H,25,28). The number of rotatable bonds is 5. The Morgan fingerprint density at radius 3 is 2.17 bits per heavy atom.